The highest BCUT2D eigenvalue weighted by Gasteiger charge is 2.16. The number of nitrogens with one attached hydrogen (secondary N) is 2. The third kappa shape index (κ3) is 3.64. The fourth-order valence-electron chi connectivity index (χ4n) is 2.31. The van der Waals surface area contributed by atoms with Crippen LogP contribution >= 0.6 is 12.2 Å². The van der Waals surface area contributed by atoms with Crippen LogP contribution in [0.2, 0.25) is 0 Å². The number of hydrogen-bond donors (Lipinski definition) is 2. The molecule has 0 spiro atoms. The third-order valence-corrected chi connectivity index (χ3v) is 3.57. The average Bonchev–Trinajstić information content (AvgIpc) is 2.84. The Bertz CT molecular complexity index is 499. The SMILES string of the molecule is Cc1ccc(NC(=S)NC2CCCC2)cc1[N+](=O)[O-]. The largest absolute Gasteiger partial charge is 0.360 e. The minimum Gasteiger partial charge on any atom is -0.360 e. The maximum atomic E-state index is 10.9. The van der Waals surface area contributed by atoms with Crippen molar-refractivity contribution in [1.82, 2.24) is 5.32 Å². The molecule has 1 aromatic carbocycles. The Hall–Kier alpha value is -1.69. The van der Waals surface area contributed by atoms with E-state index in [9.17, 15) is 10.1 Å². The number of nitrogens with zero attached hydrogens (tertiary/aromatic N) is 1. The van der Waals surface area contributed by atoms with Crippen molar-refractivity contribution in [2.24, 2.45) is 0 Å². The van der Waals surface area contributed by atoms with Gasteiger partial charge in [0, 0.05) is 23.4 Å². The highest BCUT2D eigenvalue weighted by Crippen LogP contribution is 2.22. The first-order valence-corrected chi connectivity index (χ1v) is 6.79. The minimum absolute atomic E-state index is 0.105. The van der Waals surface area contributed by atoms with E-state index >= 15 is 0 Å². The highest BCUT2D eigenvalue weighted by atomic mass is 32.1. The van der Waals surface area contributed by atoms with E-state index in [2.05, 4.69) is 10.6 Å². The Balaban J connectivity index is 2.00. The van der Waals surface area contributed by atoms with Gasteiger partial charge in [-0.3, -0.25) is 10.1 Å². The first-order chi connectivity index (χ1) is 9.06. The first-order valence-electron chi connectivity index (χ1n) is 6.39. The second-order valence-electron chi connectivity index (χ2n) is 4.84. The fraction of sp³-hybridized carbons (Fsp3) is 0.462. The smallest absolute Gasteiger partial charge is 0.274 e. The quantitative estimate of drug-likeness (QED) is 0.505. The van der Waals surface area contributed by atoms with Gasteiger partial charge in [0.05, 0.1) is 4.92 Å². The predicted octanol–water partition coefficient (Wildman–Crippen LogP) is 3.13. The van der Waals surface area contributed by atoms with Crippen LogP contribution in [-0.2, 0) is 0 Å². The van der Waals surface area contributed by atoms with Crippen molar-refractivity contribution >= 4 is 28.7 Å². The van der Waals surface area contributed by atoms with Crippen molar-refractivity contribution in [1.29, 1.82) is 0 Å². The molecule has 1 fully saturated rings. The zero-order valence-electron chi connectivity index (χ0n) is 10.8. The van der Waals surface area contributed by atoms with Crippen molar-refractivity contribution in [2.75, 3.05) is 5.32 Å². The molecule has 0 radical (unpaired) electrons. The van der Waals surface area contributed by atoms with Crippen LogP contribution in [0.3, 0.4) is 0 Å². The molecule has 102 valence electrons. The zero-order chi connectivity index (χ0) is 13.8. The van der Waals surface area contributed by atoms with Crippen molar-refractivity contribution in [3.05, 3.63) is 33.9 Å². The van der Waals surface area contributed by atoms with Gasteiger partial charge in [0.2, 0.25) is 0 Å². The van der Waals surface area contributed by atoms with Crippen molar-refractivity contribution in [3.63, 3.8) is 0 Å². The maximum Gasteiger partial charge on any atom is 0.274 e. The van der Waals surface area contributed by atoms with Crippen LogP contribution in [0.15, 0.2) is 18.2 Å². The summed E-state index contributed by atoms with van der Waals surface area (Å²) < 4.78 is 0. The van der Waals surface area contributed by atoms with Crippen LogP contribution in [0.1, 0.15) is 31.2 Å². The molecule has 5 nitrogen and oxygen atoms in total. The number of nitro groups is 1. The van der Waals surface area contributed by atoms with Gasteiger partial charge in [-0.05, 0) is 38.0 Å². The molecule has 1 saturated carbocycles. The maximum absolute atomic E-state index is 10.9. The van der Waals surface area contributed by atoms with Crippen LogP contribution in [-0.4, -0.2) is 16.1 Å². The number of nitro benzene ring substituents is 1. The van der Waals surface area contributed by atoms with Crippen molar-refractivity contribution in [3.8, 4) is 0 Å². The lowest BCUT2D eigenvalue weighted by Crippen LogP contribution is -2.35. The summed E-state index contributed by atoms with van der Waals surface area (Å²) in [7, 11) is 0. The summed E-state index contributed by atoms with van der Waals surface area (Å²) in [5, 5.41) is 17.6. The molecule has 6 heteroatoms. The molecule has 0 aromatic heterocycles. The number of anilines is 1. The number of rotatable bonds is 3. The Kier molecular flexibility index (Phi) is 4.31. The summed E-state index contributed by atoms with van der Waals surface area (Å²) in [5.74, 6) is 0. The fourth-order valence-corrected chi connectivity index (χ4v) is 2.59. The molecular weight excluding hydrogens is 262 g/mol. The van der Waals surface area contributed by atoms with Gasteiger partial charge in [-0.15, -0.1) is 0 Å². The van der Waals surface area contributed by atoms with Gasteiger partial charge in [-0.25, -0.2) is 0 Å². The number of thiocarbonyl (C=S) groups is 1. The Morgan fingerprint density at radius 1 is 1.42 bits per heavy atom. The van der Waals surface area contributed by atoms with Gasteiger partial charge in [-0.2, -0.15) is 0 Å². The molecule has 19 heavy (non-hydrogen) atoms. The topological polar surface area (TPSA) is 67.2 Å². The van der Waals surface area contributed by atoms with Gasteiger partial charge >= 0.3 is 0 Å². The molecule has 0 bridgehead atoms. The summed E-state index contributed by atoms with van der Waals surface area (Å²) in [4.78, 5) is 10.5. The summed E-state index contributed by atoms with van der Waals surface area (Å²) in [6.45, 7) is 1.72. The van der Waals surface area contributed by atoms with Crippen LogP contribution in [0.25, 0.3) is 0 Å². The van der Waals surface area contributed by atoms with E-state index in [0.717, 1.165) is 12.8 Å². The normalized spacial score (nSPS) is 15.2. The molecule has 0 aliphatic heterocycles. The van der Waals surface area contributed by atoms with Gasteiger partial charge in [-0.1, -0.05) is 18.9 Å². The molecule has 1 aromatic rings. The van der Waals surface area contributed by atoms with Crippen molar-refractivity contribution in [2.45, 2.75) is 38.6 Å². The minimum atomic E-state index is -0.381. The van der Waals surface area contributed by atoms with Crippen LogP contribution in [0.5, 0.6) is 0 Å². The van der Waals surface area contributed by atoms with E-state index in [1.165, 1.54) is 18.9 Å². The number of benzene rings is 1. The summed E-state index contributed by atoms with van der Waals surface area (Å²) in [5.41, 5.74) is 1.40. The van der Waals surface area contributed by atoms with E-state index in [1.54, 1.807) is 19.1 Å². The van der Waals surface area contributed by atoms with Gasteiger partial charge in [0.1, 0.15) is 0 Å². The van der Waals surface area contributed by atoms with Gasteiger partial charge in [0.25, 0.3) is 5.69 Å². The summed E-state index contributed by atoms with van der Waals surface area (Å²) in [6, 6.07) is 5.46. The van der Waals surface area contributed by atoms with Gasteiger partial charge < -0.3 is 10.6 Å². The van der Waals surface area contributed by atoms with E-state index in [1.807, 2.05) is 0 Å². The molecule has 0 saturated heterocycles. The summed E-state index contributed by atoms with van der Waals surface area (Å²) in [6.07, 6.45) is 4.73. The molecule has 0 heterocycles. The molecule has 0 unspecified atom stereocenters. The van der Waals surface area contributed by atoms with E-state index in [-0.39, 0.29) is 10.6 Å². The average molecular weight is 279 g/mol. The molecular formula is C13H17N3O2S. The van der Waals surface area contributed by atoms with Crippen LogP contribution in [0, 0.1) is 17.0 Å². The molecule has 2 rings (SSSR count). The van der Waals surface area contributed by atoms with Crippen molar-refractivity contribution < 1.29 is 4.92 Å². The molecule has 0 amide bonds. The monoisotopic (exact) mass is 279 g/mol. The second kappa shape index (κ2) is 5.97. The third-order valence-electron chi connectivity index (χ3n) is 3.35. The Labute approximate surface area is 117 Å². The molecule has 1 aliphatic carbocycles. The van der Waals surface area contributed by atoms with E-state index in [0.29, 0.717) is 22.4 Å². The van der Waals surface area contributed by atoms with E-state index in [4.69, 9.17) is 12.2 Å². The Morgan fingerprint density at radius 2 is 2.11 bits per heavy atom. The lowest BCUT2D eigenvalue weighted by atomic mass is 10.2. The second-order valence-corrected chi connectivity index (χ2v) is 5.25. The summed E-state index contributed by atoms with van der Waals surface area (Å²) >= 11 is 5.22. The molecule has 2 N–H and O–H groups in total. The highest BCUT2D eigenvalue weighted by molar-refractivity contribution is 7.80. The van der Waals surface area contributed by atoms with Crippen LogP contribution < -0.4 is 10.6 Å². The number of aryl methyl sites for hydroxylation is 1. The van der Waals surface area contributed by atoms with E-state index < -0.39 is 0 Å². The van der Waals surface area contributed by atoms with Gasteiger partial charge in [0.15, 0.2) is 5.11 Å². The lowest BCUT2D eigenvalue weighted by Gasteiger charge is -2.15. The zero-order valence-corrected chi connectivity index (χ0v) is 11.6. The first kappa shape index (κ1) is 13.7. The van der Waals surface area contributed by atoms with Crippen LogP contribution in [0.4, 0.5) is 11.4 Å². The predicted molar refractivity (Wildman–Crippen MR) is 79.4 cm³/mol. The molecule has 0 atom stereocenters. The lowest BCUT2D eigenvalue weighted by molar-refractivity contribution is -0.385. The Morgan fingerprint density at radius 3 is 2.74 bits per heavy atom. The molecule has 1 aliphatic rings. The number of hydrogen-bond acceptors (Lipinski definition) is 3. The standard InChI is InChI=1S/C13H17N3O2S/c1-9-6-7-11(8-12(9)16(17)18)15-13(19)14-10-4-2-3-5-10/h6-8,10H,2-5H2,1H3,(H2,14,15,19).